The lowest BCUT2D eigenvalue weighted by Crippen LogP contribution is -2.28. The molecule has 39 heavy (non-hydrogen) atoms. The molecule has 4 rings (SSSR count). The fraction of sp³-hybridized carbons (Fsp3) is 0.115. The number of pyridine rings is 2. The summed E-state index contributed by atoms with van der Waals surface area (Å²) in [7, 11) is 2.57. The summed E-state index contributed by atoms with van der Waals surface area (Å²) >= 11 is 10.0. The van der Waals surface area contributed by atoms with Gasteiger partial charge in [-0.15, -0.1) is 0 Å². The first-order valence-corrected chi connectivity index (χ1v) is 13.4. The lowest BCUT2D eigenvalue weighted by molar-refractivity contribution is -0.136. The standard InChI is InChI=1S/C17H14Br2N2O4.C9H7BrN2O2/c1-24-16(22)15(7-12-13(18)8-20-9-14(12)19)21-17(23)25-10-11-5-3-2-4-6-11;1-14-9(13)7-2-5-6(10)3-11-4-8(5)12-7/h2-9H,10H2,1H3,(H,21,23);2-4,12H,1H3/b15-7-;. The molecule has 0 aliphatic rings. The number of fused-ring (bicyclic) bond motifs is 1. The highest BCUT2D eigenvalue weighted by atomic mass is 79.9. The Kier molecular flexibility index (Phi) is 11.2. The Morgan fingerprint density at radius 1 is 0.923 bits per heavy atom. The maximum atomic E-state index is 12.0. The van der Waals surface area contributed by atoms with Crippen LogP contribution in [0, 0.1) is 0 Å². The minimum absolute atomic E-state index is 0.0619. The van der Waals surface area contributed by atoms with Crippen LogP contribution in [0.25, 0.3) is 17.0 Å². The van der Waals surface area contributed by atoms with Gasteiger partial charge in [-0.3, -0.25) is 15.3 Å². The minimum Gasteiger partial charge on any atom is -0.464 e. The Labute approximate surface area is 248 Å². The van der Waals surface area contributed by atoms with E-state index in [4.69, 9.17) is 9.47 Å². The first-order valence-electron chi connectivity index (χ1n) is 11.0. The number of ether oxygens (including phenoxy) is 3. The predicted molar refractivity (Wildman–Crippen MR) is 155 cm³/mol. The molecule has 0 bridgehead atoms. The third-order valence-corrected chi connectivity index (χ3v) is 6.83. The fourth-order valence-corrected chi connectivity index (χ4v) is 4.67. The molecule has 0 saturated carbocycles. The number of benzene rings is 1. The van der Waals surface area contributed by atoms with E-state index in [2.05, 4.69) is 72.8 Å². The highest BCUT2D eigenvalue weighted by Crippen LogP contribution is 2.26. The van der Waals surface area contributed by atoms with Gasteiger partial charge in [0.2, 0.25) is 0 Å². The van der Waals surface area contributed by atoms with Gasteiger partial charge in [-0.05, 0) is 65.5 Å². The molecule has 2 N–H and O–H groups in total. The number of aromatic nitrogens is 3. The monoisotopic (exact) mass is 722 g/mol. The fourth-order valence-electron chi connectivity index (χ4n) is 3.07. The summed E-state index contributed by atoms with van der Waals surface area (Å²) in [6.45, 7) is 0.0871. The van der Waals surface area contributed by atoms with E-state index in [1.807, 2.05) is 30.3 Å². The van der Waals surface area contributed by atoms with Crippen molar-refractivity contribution in [2.45, 2.75) is 6.61 Å². The highest BCUT2D eigenvalue weighted by molar-refractivity contribution is 9.11. The number of aromatic amines is 1. The van der Waals surface area contributed by atoms with Crippen LogP contribution in [0.4, 0.5) is 4.79 Å². The summed E-state index contributed by atoms with van der Waals surface area (Å²) in [5.41, 5.74) is 2.63. The Balaban J connectivity index is 0.000000252. The van der Waals surface area contributed by atoms with E-state index in [1.54, 1.807) is 30.9 Å². The van der Waals surface area contributed by atoms with Crippen molar-refractivity contribution in [3.05, 3.63) is 97.1 Å². The quantitative estimate of drug-likeness (QED) is 0.137. The van der Waals surface area contributed by atoms with Gasteiger partial charge in [-0.2, -0.15) is 0 Å². The summed E-state index contributed by atoms with van der Waals surface area (Å²) in [5.74, 6) is -1.08. The molecular formula is C26H21Br3N4O6. The number of alkyl carbamates (subject to hydrolysis) is 1. The maximum Gasteiger partial charge on any atom is 0.412 e. The van der Waals surface area contributed by atoms with Gasteiger partial charge in [0.1, 0.15) is 18.0 Å². The zero-order valence-corrected chi connectivity index (χ0v) is 25.3. The van der Waals surface area contributed by atoms with Gasteiger partial charge in [0, 0.05) is 43.0 Å². The lowest BCUT2D eigenvalue weighted by Gasteiger charge is -2.10. The van der Waals surface area contributed by atoms with E-state index < -0.39 is 12.1 Å². The lowest BCUT2D eigenvalue weighted by atomic mass is 10.2. The van der Waals surface area contributed by atoms with E-state index in [-0.39, 0.29) is 18.3 Å². The Hall–Kier alpha value is -3.55. The topological polar surface area (TPSA) is 132 Å². The molecule has 1 amide bonds. The maximum absolute atomic E-state index is 12.0. The van der Waals surface area contributed by atoms with E-state index >= 15 is 0 Å². The van der Waals surface area contributed by atoms with Crippen molar-refractivity contribution in [3.63, 3.8) is 0 Å². The van der Waals surface area contributed by atoms with Crippen LogP contribution in [-0.4, -0.2) is 47.2 Å². The average molecular weight is 725 g/mol. The number of methoxy groups -OCH3 is 2. The van der Waals surface area contributed by atoms with Gasteiger partial charge < -0.3 is 19.2 Å². The number of nitrogens with zero attached hydrogens (tertiary/aromatic N) is 2. The van der Waals surface area contributed by atoms with Gasteiger partial charge >= 0.3 is 18.0 Å². The molecule has 3 heterocycles. The first kappa shape index (κ1) is 30.0. The normalized spacial score (nSPS) is 10.7. The number of carbonyl (C=O) groups excluding carboxylic acids is 3. The molecule has 0 fully saturated rings. The number of nitrogens with one attached hydrogen (secondary N) is 2. The number of esters is 2. The van der Waals surface area contributed by atoms with Crippen molar-refractivity contribution >= 4 is 82.8 Å². The van der Waals surface area contributed by atoms with Crippen LogP contribution >= 0.6 is 47.8 Å². The van der Waals surface area contributed by atoms with Gasteiger partial charge in [0.05, 0.1) is 25.9 Å². The molecule has 0 saturated heterocycles. The van der Waals surface area contributed by atoms with Gasteiger partial charge in [-0.1, -0.05) is 30.3 Å². The molecule has 0 spiro atoms. The molecule has 4 aromatic rings. The van der Waals surface area contributed by atoms with E-state index in [0.29, 0.717) is 20.2 Å². The molecule has 0 unspecified atom stereocenters. The van der Waals surface area contributed by atoms with Crippen molar-refractivity contribution in [1.82, 2.24) is 20.3 Å². The molecule has 0 atom stereocenters. The summed E-state index contributed by atoms with van der Waals surface area (Å²) in [6, 6.07) is 10.9. The molecule has 202 valence electrons. The highest BCUT2D eigenvalue weighted by Gasteiger charge is 2.16. The second kappa shape index (κ2) is 14.6. The molecule has 0 aliphatic carbocycles. The Morgan fingerprint density at radius 3 is 2.18 bits per heavy atom. The number of carbonyl (C=O) groups is 3. The summed E-state index contributed by atoms with van der Waals surface area (Å²) in [6.07, 6.45) is 7.18. The summed E-state index contributed by atoms with van der Waals surface area (Å²) < 4.78 is 16.6. The molecule has 10 nitrogen and oxygen atoms in total. The van der Waals surface area contributed by atoms with E-state index in [9.17, 15) is 14.4 Å². The molecule has 13 heteroatoms. The van der Waals surface area contributed by atoms with Crippen molar-refractivity contribution < 1.29 is 28.6 Å². The summed E-state index contributed by atoms with van der Waals surface area (Å²) in [5, 5.41) is 3.32. The number of halogens is 3. The summed E-state index contributed by atoms with van der Waals surface area (Å²) in [4.78, 5) is 46.0. The van der Waals surface area contributed by atoms with Crippen molar-refractivity contribution in [2.75, 3.05) is 14.2 Å². The second-order valence-electron chi connectivity index (χ2n) is 7.51. The smallest absolute Gasteiger partial charge is 0.412 e. The van der Waals surface area contributed by atoms with E-state index in [1.165, 1.54) is 20.3 Å². The van der Waals surface area contributed by atoms with Crippen LogP contribution in [0.5, 0.6) is 0 Å². The van der Waals surface area contributed by atoms with Crippen molar-refractivity contribution in [2.24, 2.45) is 0 Å². The average Bonchev–Trinajstić information content (AvgIpc) is 3.39. The number of H-pyrrole nitrogens is 1. The second-order valence-corrected chi connectivity index (χ2v) is 10.1. The Morgan fingerprint density at radius 2 is 1.56 bits per heavy atom. The zero-order valence-electron chi connectivity index (χ0n) is 20.5. The molecule has 1 aromatic carbocycles. The van der Waals surface area contributed by atoms with Crippen molar-refractivity contribution in [1.29, 1.82) is 0 Å². The van der Waals surface area contributed by atoms with Crippen LogP contribution in [0.3, 0.4) is 0 Å². The van der Waals surface area contributed by atoms with Crippen LogP contribution in [-0.2, 0) is 25.6 Å². The Bertz CT molecular complexity index is 1490. The van der Waals surface area contributed by atoms with Crippen LogP contribution in [0.15, 0.2) is 80.3 Å². The van der Waals surface area contributed by atoms with Gasteiger partial charge in [0.15, 0.2) is 0 Å². The zero-order chi connectivity index (χ0) is 28.4. The van der Waals surface area contributed by atoms with Crippen LogP contribution < -0.4 is 5.32 Å². The first-order chi connectivity index (χ1) is 18.7. The van der Waals surface area contributed by atoms with Crippen LogP contribution in [0.1, 0.15) is 21.6 Å². The molecule has 3 aromatic heterocycles. The third kappa shape index (κ3) is 8.47. The molecule has 0 radical (unpaired) electrons. The third-order valence-electron chi connectivity index (χ3n) is 4.94. The van der Waals surface area contributed by atoms with E-state index in [0.717, 1.165) is 20.9 Å². The molecular weight excluding hydrogens is 704 g/mol. The largest absolute Gasteiger partial charge is 0.464 e. The van der Waals surface area contributed by atoms with Gasteiger partial charge in [0.25, 0.3) is 0 Å². The number of hydrogen-bond acceptors (Lipinski definition) is 8. The minimum atomic E-state index is -0.762. The van der Waals surface area contributed by atoms with Crippen LogP contribution in [0.2, 0.25) is 0 Å². The number of hydrogen-bond donors (Lipinski definition) is 2. The number of amides is 1. The molecule has 0 aliphatic heterocycles. The SMILES string of the molecule is COC(=O)/C(=C/c1c(Br)cncc1Br)NC(=O)OCc1ccccc1.COC(=O)c1cc2c(Br)cncc2[nH]1. The number of rotatable bonds is 6. The van der Waals surface area contributed by atoms with Gasteiger partial charge in [-0.25, -0.2) is 14.4 Å². The predicted octanol–water partition coefficient (Wildman–Crippen LogP) is 6.16. The van der Waals surface area contributed by atoms with Crippen molar-refractivity contribution in [3.8, 4) is 0 Å².